The van der Waals surface area contributed by atoms with E-state index in [9.17, 15) is 9.59 Å². The molecule has 0 saturated carbocycles. The molecule has 4 rings (SSSR count). The number of aromatic amines is 1. The fourth-order valence-corrected chi connectivity index (χ4v) is 3.86. The second-order valence-corrected chi connectivity index (χ2v) is 7.66. The van der Waals surface area contributed by atoms with E-state index in [1.165, 1.54) is 11.1 Å². The summed E-state index contributed by atoms with van der Waals surface area (Å²) in [6.45, 7) is 3.37. The Morgan fingerprint density at radius 3 is 2.57 bits per heavy atom. The highest BCUT2D eigenvalue weighted by molar-refractivity contribution is 6.39. The molecule has 2 N–H and O–H groups in total. The number of H-pyrrole nitrogens is 1. The summed E-state index contributed by atoms with van der Waals surface area (Å²) in [4.78, 5) is 29.7. The zero-order chi connectivity index (χ0) is 19.5. The van der Waals surface area contributed by atoms with Crippen molar-refractivity contribution in [2.75, 3.05) is 18.4 Å². The molecule has 2 heterocycles. The van der Waals surface area contributed by atoms with Gasteiger partial charge in [0.15, 0.2) is 0 Å². The van der Waals surface area contributed by atoms with Crippen LogP contribution >= 0.6 is 0 Å². The summed E-state index contributed by atoms with van der Waals surface area (Å²) >= 11 is 0. The van der Waals surface area contributed by atoms with Gasteiger partial charge in [0.2, 0.25) is 0 Å². The first-order valence-electron chi connectivity index (χ1n) is 9.81. The molecule has 144 valence electrons. The van der Waals surface area contributed by atoms with Crippen LogP contribution in [0.1, 0.15) is 24.0 Å². The Bertz CT molecular complexity index is 983. The minimum absolute atomic E-state index is 0.442. The smallest absolute Gasteiger partial charge is 0.313 e. The molecule has 0 bridgehead atoms. The quantitative estimate of drug-likeness (QED) is 0.682. The van der Waals surface area contributed by atoms with Crippen LogP contribution in [0, 0.1) is 12.8 Å². The third-order valence-corrected chi connectivity index (χ3v) is 5.55. The van der Waals surface area contributed by atoms with Crippen LogP contribution in [0.3, 0.4) is 0 Å². The molecule has 0 aliphatic carbocycles. The number of fused-ring (bicyclic) bond motifs is 1. The zero-order valence-corrected chi connectivity index (χ0v) is 16.1. The Kier molecular flexibility index (Phi) is 5.15. The lowest BCUT2D eigenvalue weighted by Crippen LogP contribution is -2.44. The van der Waals surface area contributed by atoms with Crippen molar-refractivity contribution in [3.8, 4) is 0 Å². The second kappa shape index (κ2) is 7.89. The number of amides is 2. The van der Waals surface area contributed by atoms with Crippen molar-refractivity contribution in [2.45, 2.75) is 26.2 Å². The number of nitrogens with zero attached hydrogens (tertiary/aromatic N) is 1. The standard InChI is InChI=1S/C23H25N3O2/c1-16-2-4-17(5-3-16)14-18-9-12-26(13-10-18)23(28)22(27)25-20-6-7-21-19(15-20)8-11-24-21/h2-8,11,15,18,24H,9-10,12-14H2,1H3,(H,25,27). The van der Waals surface area contributed by atoms with Crippen LogP contribution in [0.2, 0.25) is 0 Å². The van der Waals surface area contributed by atoms with Crippen molar-refractivity contribution in [2.24, 2.45) is 5.92 Å². The van der Waals surface area contributed by atoms with Crippen LogP contribution < -0.4 is 5.32 Å². The topological polar surface area (TPSA) is 65.2 Å². The summed E-state index contributed by atoms with van der Waals surface area (Å²) in [6, 6.07) is 16.1. The molecule has 1 aliphatic rings. The van der Waals surface area contributed by atoms with Gasteiger partial charge in [-0.1, -0.05) is 29.8 Å². The van der Waals surface area contributed by atoms with Crippen LogP contribution in [0.4, 0.5) is 5.69 Å². The van der Waals surface area contributed by atoms with Crippen molar-refractivity contribution in [3.63, 3.8) is 0 Å². The zero-order valence-electron chi connectivity index (χ0n) is 16.1. The first kappa shape index (κ1) is 18.3. The largest absolute Gasteiger partial charge is 0.361 e. The van der Waals surface area contributed by atoms with Gasteiger partial charge in [-0.25, -0.2) is 0 Å². The lowest BCUT2D eigenvalue weighted by atomic mass is 9.90. The maximum atomic E-state index is 12.5. The normalized spacial score (nSPS) is 15.0. The van der Waals surface area contributed by atoms with E-state index in [1.54, 1.807) is 11.0 Å². The van der Waals surface area contributed by atoms with Gasteiger partial charge in [-0.2, -0.15) is 0 Å². The van der Waals surface area contributed by atoms with Gasteiger partial charge >= 0.3 is 11.8 Å². The molecule has 1 aliphatic heterocycles. The Labute approximate surface area is 164 Å². The molecule has 0 atom stereocenters. The maximum absolute atomic E-state index is 12.5. The molecule has 0 spiro atoms. The summed E-state index contributed by atoms with van der Waals surface area (Å²) in [6.07, 6.45) is 4.75. The Balaban J connectivity index is 1.30. The predicted molar refractivity (Wildman–Crippen MR) is 111 cm³/mol. The molecule has 3 aromatic rings. The number of carbonyl (C=O) groups is 2. The highest BCUT2D eigenvalue weighted by Gasteiger charge is 2.27. The Hall–Kier alpha value is -3.08. The van der Waals surface area contributed by atoms with Crippen molar-refractivity contribution >= 4 is 28.4 Å². The van der Waals surface area contributed by atoms with Gasteiger partial charge in [-0.15, -0.1) is 0 Å². The molecule has 0 radical (unpaired) electrons. The van der Waals surface area contributed by atoms with Crippen LogP contribution in [0.25, 0.3) is 10.9 Å². The number of piperidine rings is 1. The van der Waals surface area contributed by atoms with Crippen LogP contribution in [-0.4, -0.2) is 34.8 Å². The van der Waals surface area contributed by atoms with Gasteiger partial charge < -0.3 is 15.2 Å². The number of likely N-dealkylation sites (tertiary alicyclic amines) is 1. The molecule has 1 aromatic heterocycles. The fraction of sp³-hybridized carbons (Fsp3) is 0.304. The number of carbonyl (C=O) groups excluding carboxylic acids is 2. The summed E-state index contributed by atoms with van der Waals surface area (Å²) in [5.41, 5.74) is 4.25. The average Bonchev–Trinajstić information content (AvgIpc) is 3.17. The lowest BCUT2D eigenvalue weighted by Gasteiger charge is -2.31. The number of anilines is 1. The third-order valence-electron chi connectivity index (χ3n) is 5.55. The highest BCUT2D eigenvalue weighted by atomic mass is 16.2. The number of hydrogen-bond acceptors (Lipinski definition) is 2. The predicted octanol–water partition coefficient (Wildman–Crippen LogP) is 3.90. The second-order valence-electron chi connectivity index (χ2n) is 7.66. The van der Waals surface area contributed by atoms with Crippen molar-refractivity contribution < 1.29 is 9.59 Å². The molecule has 5 heteroatoms. The van der Waals surface area contributed by atoms with E-state index in [2.05, 4.69) is 41.5 Å². The fourth-order valence-electron chi connectivity index (χ4n) is 3.86. The number of aromatic nitrogens is 1. The molecule has 1 fully saturated rings. The Morgan fingerprint density at radius 1 is 1.07 bits per heavy atom. The first-order chi connectivity index (χ1) is 13.6. The third kappa shape index (κ3) is 4.09. The first-order valence-corrected chi connectivity index (χ1v) is 9.81. The highest BCUT2D eigenvalue weighted by Crippen LogP contribution is 2.23. The molecule has 2 amide bonds. The van der Waals surface area contributed by atoms with Gasteiger partial charge in [-0.05, 0) is 61.9 Å². The molecular weight excluding hydrogens is 350 g/mol. The average molecular weight is 375 g/mol. The Morgan fingerprint density at radius 2 is 1.82 bits per heavy atom. The van der Waals surface area contributed by atoms with Gasteiger partial charge in [0.25, 0.3) is 0 Å². The van der Waals surface area contributed by atoms with Crippen molar-refractivity contribution in [1.29, 1.82) is 0 Å². The number of benzene rings is 2. The number of aryl methyl sites for hydroxylation is 1. The molecule has 5 nitrogen and oxygen atoms in total. The molecule has 28 heavy (non-hydrogen) atoms. The minimum atomic E-state index is -0.563. The molecule has 1 saturated heterocycles. The van der Waals surface area contributed by atoms with Crippen molar-refractivity contribution in [1.82, 2.24) is 9.88 Å². The van der Waals surface area contributed by atoms with E-state index >= 15 is 0 Å². The minimum Gasteiger partial charge on any atom is -0.361 e. The van der Waals surface area contributed by atoms with E-state index in [4.69, 9.17) is 0 Å². The van der Waals surface area contributed by atoms with Crippen LogP contribution in [0.15, 0.2) is 54.7 Å². The van der Waals surface area contributed by atoms with Gasteiger partial charge in [0.05, 0.1) is 0 Å². The SMILES string of the molecule is Cc1ccc(CC2CCN(C(=O)C(=O)Nc3ccc4[nH]ccc4c3)CC2)cc1. The maximum Gasteiger partial charge on any atom is 0.313 e. The molecular formula is C23H25N3O2. The monoisotopic (exact) mass is 375 g/mol. The summed E-state index contributed by atoms with van der Waals surface area (Å²) in [5, 5.41) is 3.74. The van der Waals surface area contributed by atoms with Gasteiger partial charge in [0, 0.05) is 35.9 Å². The van der Waals surface area contributed by atoms with E-state index in [0.29, 0.717) is 24.7 Å². The molecule has 2 aromatic carbocycles. The summed E-state index contributed by atoms with van der Waals surface area (Å²) in [5.74, 6) is -0.444. The van der Waals surface area contributed by atoms with Gasteiger partial charge in [-0.3, -0.25) is 9.59 Å². The number of rotatable bonds is 3. The summed E-state index contributed by atoms with van der Waals surface area (Å²) < 4.78 is 0. The van der Waals surface area contributed by atoms with Crippen LogP contribution in [0.5, 0.6) is 0 Å². The van der Waals surface area contributed by atoms with Gasteiger partial charge in [0.1, 0.15) is 0 Å². The van der Waals surface area contributed by atoms with E-state index in [-0.39, 0.29) is 0 Å². The van der Waals surface area contributed by atoms with E-state index in [1.807, 2.05) is 24.4 Å². The van der Waals surface area contributed by atoms with E-state index < -0.39 is 11.8 Å². The lowest BCUT2D eigenvalue weighted by molar-refractivity contribution is -0.144. The number of nitrogens with one attached hydrogen (secondary N) is 2. The molecule has 0 unspecified atom stereocenters. The van der Waals surface area contributed by atoms with Crippen LogP contribution in [-0.2, 0) is 16.0 Å². The summed E-state index contributed by atoms with van der Waals surface area (Å²) in [7, 11) is 0. The van der Waals surface area contributed by atoms with E-state index in [0.717, 1.165) is 30.2 Å². The number of hydrogen-bond donors (Lipinski definition) is 2. The van der Waals surface area contributed by atoms with Crippen molar-refractivity contribution in [3.05, 3.63) is 65.9 Å².